The molecule has 2 aromatic rings. The Bertz CT molecular complexity index is 732. The fourth-order valence-corrected chi connectivity index (χ4v) is 3.48. The smallest absolute Gasteiger partial charge is 0.0201 e. The molecule has 1 radical (unpaired) electrons. The van der Waals surface area contributed by atoms with Gasteiger partial charge in [0.05, 0.1) is 0 Å². The average Bonchev–Trinajstić information content (AvgIpc) is 2.44. The first kappa shape index (κ1) is 18.3. The van der Waals surface area contributed by atoms with Gasteiger partial charge in [0.2, 0.25) is 0 Å². The van der Waals surface area contributed by atoms with E-state index in [0.717, 1.165) is 22.6 Å². The summed E-state index contributed by atoms with van der Waals surface area (Å²) in [5, 5.41) is 0. The normalized spacial score (nSPS) is 18.0. The Kier molecular flexibility index (Phi) is 4.86. The topological polar surface area (TPSA) is 25.8 Å². The van der Waals surface area contributed by atoms with Gasteiger partial charge in [-0.25, -0.2) is 0 Å². The first-order valence-corrected chi connectivity index (χ1v) is 8.08. The van der Waals surface area contributed by atoms with Gasteiger partial charge in [0.1, 0.15) is 0 Å². The maximum atomic E-state index is 4.74. The molecule has 0 N–H and O–H groups in total. The van der Waals surface area contributed by atoms with Crippen molar-refractivity contribution in [2.75, 3.05) is 0 Å². The number of aromatic nitrogens is 2. The van der Waals surface area contributed by atoms with Gasteiger partial charge in [-0.15, -0.1) is 17.7 Å². The fraction of sp³-hybridized carbons (Fsp3) is 0.500. The van der Waals surface area contributed by atoms with Crippen LogP contribution in [0.2, 0.25) is 0 Å². The van der Waals surface area contributed by atoms with Gasteiger partial charge in [-0.3, -0.25) is 0 Å². The Morgan fingerprint density at radius 2 is 1.61 bits per heavy atom. The van der Waals surface area contributed by atoms with Crippen molar-refractivity contribution in [1.29, 1.82) is 0 Å². The van der Waals surface area contributed by atoms with E-state index in [4.69, 9.17) is 4.98 Å². The van der Waals surface area contributed by atoms with Crippen LogP contribution in [0.5, 0.6) is 0 Å². The third-order valence-electron chi connectivity index (χ3n) is 5.12. The first-order chi connectivity index (χ1) is 10.2. The molecule has 0 saturated carbocycles. The molecule has 0 saturated heterocycles. The van der Waals surface area contributed by atoms with E-state index in [1.807, 2.05) is 19.9 Å². The SMILES string of the molecule is Cc1c[c-]c(-c2cc3c(cn2)C(C)(C)CCC3(C)C)c(C)n1.[Ir]. The van der Waals surface area contributed by atoms with E-state index >= 15 is 0 Å². The third kappa shape index (κ3) is 3.27. The van der Waals surface area contributed by atoms with Crippen molar-refractivity contribution in [2.24, 2.45) is 0 Å². The zero-order chi connectivity index (χ0) is 16.1. The summed E-state index contributed by atoms with van der Waals surface area (Å²) in [6.07, 6.45) is 4.51. The van der Waals surface area contributed by atoms with E-state index in [0.29, 0.717) is 0 Å². The second-order valence-corrected chi connectivity index (χ2v) is 7.89. The van der Waals surface area contributed by atoms with Crippen LogP contribution in [-0.4, -0.2) is 9.97 Å². The zero-order valence-corrected chi connectivity index (χ0v) is 17.3. The van der Waals surface area contributed by atoms with E-state index in [1.54, 1.807) is 0 Å². The second kappa shape index (κ2) is 6.11. The van der Waals surface area contributed by atoms with Crippen LogP contribution in [0.15, 0.2) is 18.3 Å². The molecule has 0 atom stereocenters. The molecule has 0 aromatic carbocycles. The molecule has 3 rings (SSSR count). The molecule has 0 amide bonds. The number of rotatable bonds is 1. The van der Waals surface area contributed by atoms with Gasteiger partial charge in [0, 0.05) is 26.3 Å². The molecule has 1 aliphatic carbocycles. The molecular formula is C20H25IrN2-. The number of nitrogens with zero attached hydrogens (tertiary/aromatic N) is 2. The molecule has 0 spiro atoms. The predicted molar refractivity (Wildman–Crippen MR) is 91.1 cm³/mol. The van der Waals surface area contributed by atoms with Crippen LogP contribution < -0.4 is 0 Å². The summed E-state index contributed by atoms with van der Waals surface area (Å²) in [5.41, 5.74) is 7.25. The second-order valence-electron chi connectivity index (χ2n) is 7.89. The molecule has 1 aliphatic rings. The molecule has 23 heavy (non-hydrogen) atoms. The maximum Gasteiger partial charge on any atom is 0.0201 e. The van der Waals surface area contributed by atoms with Gasteiger partial charge in [0.25, 0.3) is 0 Å². The minimum absolute atomic E-state index is 0. The zero-order valence-electron chi connectivity index (χ0n) is 14.9. The number of aryl methyl sites for hydroxylation is 2. The van der Waals surface area contributed by atoms with E-state index in [9.17, 15) is 0 Å². The molecule has 0 bridgehead atoms. The van der Waals surface area contributed by atoms with E-state index in [1.165, 1.54) is 24.0 Å². The molecular weight excluding hydrogens is 460 g/mol. The van der Waals surface area contributed by atoms with Crippen LogP contribution in [0.4, 0.5) is 0 Å². The monoisotopic (exact) mass is 486 g/mol. The summed E-state index contributed by atoms with van der Waals surface area (Å²) >= 11 is 0. The van der Waals surface area contributed by atoms with Crippen molar-refractivity contribution in [3.8, 4) is 11.3 Å². The Morgan fingerprint density at radius 3 is 2.22 bits per heavy atom. The molecule has 2 heterocycles. The maximum absolute atomic E-state index is 4.74. The van der Waals surface area contributed by atoms with Crippen molar-refractivity contribution < 1.29 is 20.1 Å². The Labute approximate surface area is 153 Å². The standard InChI is InChI=1S/C20H25N2.Ir/c1-13-7-8-15(14(2)22-13)18-11-16-17(12-21-18)20(5,6)10-9-19(16,3)4;/h7,11-12H,9-10H2,1-6H3;/q-1;. The molecule has 125 valence electrons. The molecule has 2 aromatic heterocycles. The summed E-state index contributed by atoms with van der Waals surface area (Å²) in [6, 6.07) is 7.56. The van der Waals surface area contributed by atoms with Gasteiger partial charge in [-0.1, -0.05) is 47.6 Å². The fourth-order valence-electron chi connectivity index (χ4n) is 3.48. The van der Waals surface area contributed by atoms with Crippen LogP contribution in [0.25, 0.3) is 11.3 Å². The van der Waals surface area contributed by atoms with Crippen LogP contribution >= 0.6 is 0 Å². The minimum Gasteiger partial charge on any atom is -0.354 e. The Morgan fingerprint density at radius 1 is 1.00 bits per heavy atom. The van der Waals surface area contributed by atoms with Gasteiger partial charge < -0.3 is 9.97 Å². The van der Waals surface area contributed by atoms with Crippen molar-refractivity contribution in [3.63, 3.8) is 0 Å². The van der Waals surface area contributed by atoms with Gasteiger partial charge in [-0.2, -0.15) is 0 Å². The van der Waals surface area contributed by atoms with Crippen LogP contribution in [0.1, 0.15) is 63.1 Å². The molecule has 0 fully saturated rings. The third-order valence-corrected chi connectivity index (χ3v) is 5.12. The first-order valence-electron chi connectivity index (χ1n) is 8.08. The summed E-state index contributed by atoms with van der Waals surface area (Å²) in [7, 11) is 0. The van der Waals surface area contributed by atoms with Crippen LogP contribution in [0.3, 0.4) is 0 Å². The predicted octanol–water partition coefficient (Wildman–Crippen LogP) is 4.91. The van der Waals surface area contributed by atoms with Crippen molar-refractivity contribution in [1.82, 2.24) is 9.97 Å². The minimum atomic E-state index is 0. The van der Waals surface area contributed by atoms with E-state index in [-0.39, 0.29) is 30.9 Å². The van der Waals surface area contributed by atoms with E-state index in [2.05, 4.69) is 51.0 Å². The number of hydrogen-bond acceptors (Lipinski definition) is 2. The molecule has 0 aliphatic heterocycles. The van der Waals surface area contributed by atoms with E-state index < -0.39 is 0 Å². The number of pyridine rings is 2. The molecule has 0 unspecified atom stereocenters. The quantitative estimate of drug-likeness (QED) is 0.537. The van der Waals surface area contributed by atoms with Crippen molar-refractivity contribution in [3.05, 3.63) is 46.9 Å². The molecule has 3 heteroatoms. The summed E-state index contributed by atoms with van der Waals surface area (Å²) in [4.78, 5) is 9.30. The Balaban J connectivity index is 0.00000192. The average molecular weight is 486 g/mol. The summed E-state index contributed by atoms with van der Waals surface area (Å²) < 4.78 is 0. The number of hydrogen-bond donors (Lipinski definition) is 0. The number of fused-ring (bicyclic) bond motifs is 1. The van der Waals surface area contributed by atoms with Crippen LogP contribution in [-0.2, 0) is 30.9 Å². The Hall–Kier alpha value is -1.05. The van der Waals surface area contributed by atoms with Crippen molar-refractivity contribution in [2.45, 2.75) is 65.2 Å². The van der Waals surface area contributed by atoms with Gasteiger partial charge >= 0.3 is 0 Å². The largest absolute Gasteiger partial charge is 0.354 e. The van der Waals surface area contributed by atoms with Crippen LogP contribution in [0, 0.1) is 19.9 Å². The van der Waals surface area contributed by atoms with Gasteiger partial charge in [-0.05, 0) is 51.9 Å². The summed E-state index contributed by atoms with van der Waals surface area (Å²) in [5.74, 6) is 0. The molecule has 2 nitrogen and oxygen atoms in total. The summed E-state index contributed by atoms with van der Waals surface area (Å²) in [6.45, 7) is 13.4. The van der Waals surface area contributed by atoms with Crippen molar-refractivity contribution >= 4 is 0 Å². The van der Waals surface area contributed by atoms with Gasteiger partial charge in [0.15, 0.2) is 0 Å².